The third kappa shape index (κ3) is 4.77. The van der Waals surface area contributed by atoms with Crippen LogP contribution in [-0.4, -0.2) is 34.9 Å². The summed E-state index contributed by atoms with van der Waals surface area (Å²) in [6, 6.07) is 2.31. The summed E-state index contributed by atoms with van der Waals surface area (Å²) < 4.78 is 0.873. The van der Waals surface area contributed by atoms with Crippen LogP contribution in [0.3, 0.4) is 0 Å². The van der Waals surface area contributed by atoms with E-state index < -0.39 is 5.97 Å². The van der Waals surface area contributed by atoms with Crippen molar-refractivity contribution in [3.05, 3.63) is 14.7 Å². The molecule has 0 aromatic carbocycles. The lowest BCUT2D eigenvalue weighted by atomic mass is 9.82. The molecule has 0 spiro atoms. The van der Waals surface area contributed by atoms with Crippen LogP contribution >= 0.6 is 27.3 Å². The zero-order valence-electron chi connectivity index (χ0n) is 14.8. The number of aromatic carboxylic acids is 1. The minimum absolute atomic E-state index is 0.193. The van der Waals surface area contributed by atoms with Crippen molar-refractivity contribution in [1.82, 2.24) is 0 Å². The second-order valence-electron chi connectivity index (χ2n) is 7.81. The topological polar surface area (TPSA) is 60.8 Å². The van der Waals surface area contributed by atoms with Crippen LogP contribution < -0.4 is 4.90 Å². The van der Waals surface area contributed by atoms with Gasteiger partial charge in [0.15, 0.2) is 0 Å². The average molecular weight is 430 g/mol. The van der Waals surface area contributed by atoms with Crippen molar-refractivity contribution in [1.29, 1.82) is 0 Å². The highest BCUT2D eigenvalue weighted by atomic mass is 79.9. The van der Waals surface area contributed by atoms with Gasteiger partial charge in [-0.05, 0) is 72.4 Å². The first-order chi connectivity index (χ1) is 11.9. The molecule has 2 saturated carbocycles. The van der Waals surface area contributed by atoms with Crippen LogP contribution in [-0.2, 0) is 0 Å². The van der Waals surface area contributed by atoms with Crippen molar-refractivity contribution in [2.45, 2.75) is 70.4 Å². The van der Waals surface area contributed by atoms with E-state index in [0.29, 0.717) is 16.8 Å². The predicted octanol–water partition coefficient (Wildman–Crippen LogP) is 5.15. The van der Waals surface area contributed by atoms with Gasteiger partial charge in [0.2, 0.25) is 0 Å². The predicted molar refractivity (Wildman–Crippen MR) is 106 cm³/mol. The van der Waals surface area contributed by atoms with Crippen LogP contribution in [0, 0.1) is 11.8 Å². The van der Waals surface area contributed by atoms with Crippen LogP contribution in [0.4, 0.5) is 5.69 Å². The van der Waals surface area contributed by atoms with Crippen molar-refractivity contribution in [3.8, 4) is 0 Å². The van der Waals surface area contributed by atoms with Crippen molar-refractivity contribution in [3.63, 3.8) is 0 Å². The maximum atomic E-state index is 11.7. The Labute approximate surface area is 162 Å². The molecule has 1 aromatic rings. The van der Waals surface area contributed by atoms with Crippen LogP contribution in [0.1, 0.15) is 68.0 Å². The van der Waals surface area contributed by atoms with Crippen LogP contribution in [0.5, 0.6) is 0 Å². The number of anilines is 1. The van der Waals surface area contributed by atoms with Gasteiger partial charge >= 0.3 is 5.97 Å². The first kappa shape index (κ1) is 19.2. The van der Waals surface area contributed by atoms with Gasteiger partial charge in [-0.15, -0.1) is 11.3 Å². The molecule has 2 aliphatic carbocycles. The molecule has 0 bridgehead atoms. The summed E-state index contributed by atoms with van der Waals surface area (Å²) in [7, 11) is 0. The maximum absolute atomic E-state index is 11.7. The summed E-state index contributed by atoms with van der Waals surface area (Å²) in [5.74, 6) is 0.617. The van der Waals surface area contributed by atoms with Crippen LogP contribution in [0.15, 0.2) is 9.85 Å². The van der Waals surface area contributed by atoms with E-state index in [2.05, 4.69) is 27.8 Å². The molecule has 0 radical (unpaired) electrons. The SMILES string of the molecule is CC1CCC(CN(c2cc(Br)sc2C(=O)O)C2CCC(O)CC2)CC1. The molecule has 2 aliphatic rings. The summed E-state index contributed by atoms with van der Waals surface area (Å²) in [5, 5.41) is 19.5. The standard InChI is InChI=1S/C19H28BrNO3S/c1-12-2-4-13(5-3-12)11-21(14-6-8-15(22)9-7-14)16-10-17(20)25-18(16)19(23)24/h10,12-15,22H,2-9,11H2,1H3,(H,23,24). The highest BCUT2D eigenvalue weighted by Gasteiger charge is 2.31. The number of nitrogens with zero attached hydrogens (tertiary/aromatic N) is 1. The van der Waals surface area contributed by atoms with E-state index in [1.54, 1.807) is 0 Å². The Bertz CT molecular complexity index is 589. The highest BCUT2D eigenvalue weighted by Crippen LogP contribution is 2.39. The molecule has 6 heteroatoms. The Morgan fingerprint density at radius 3 is 2.44 bits per heavy atom. The first-order valence-corrected chi connectivity index (χ1v) is 11.0. The molecular weight excluding hydrogens is 402 g/mol. The lowest BCUT2D eigenvalue weighted by molar-refractivity contribution is 0.0702. The van der Waals surface area contributed by atoms with Gasteiger partial charge in [-0.25, -0.2) is 4.79 Å². The number of halogens is 1. The number of hydrogen-bond acceptors (Lipinski definition) is 4. The normalized spacial score (nSPS) is 30.2. The molecule has 2 fully saturated rings. The molecule has 0 aliphatic heterocycles. The Hall–Kier alpha value is -0.590. The fourth-order valence-electron chi connectivity index (χ4n) is 4.32. The minimum Gasteiger partial charge on any atom is -0.477 e. The summed E-state index contributed by atoms with van der Waals surface area (Å²) in [6.45, 7) is 3.27. The Balaban J connectivity index is 1.82. The van der Waals surface area contributed by atoms with Gasteiger partial charge in [0.1, 0.15) is 4.88 Å². The van der Waals surface area contributed by atoms with E-state index in [9.17, 15) is 15.0 Å². The Morgan fingerprint density at radius 1 is 1.20 bits per heavy atom. The second kappa shape index (κ2) is 8.40. The van der Waals surface area contributed by atoms with Crippen molar-refractivity contribution in [2.24, 2.45) is 11.8 Å². The van der Waals surface area contributed by atoms with Crippen molar-refractivity contribution >= 4 is 38.9 Å². The maximum Gasteiger partial charge on any atom is 0.348 e. The smallest absolute Gasteiger partial charge is 0.348 e. The van der Waals surface area contributed by atoms with Crippen LogP contribution in [0.25, 0.3) is 0 Å². The molecule has 0 unspecified atom stereocenters. The zero-order valence-corrected chi connectivity index (χ0v) is 17.2. The van der Waals surface area contributed by atoms with Gasteiger partial charge < -0.3 is 15.1 Å². The average Bonchev–Trinajstić information content (AvgIpc) is 2.97. The fraction of sp³-hybridized carbons (Fsp3) is 0.737. The molecule has 25 heavy (non-hydrogen) atoms. The van der Waals surface area contributed by atoms with Gasteiger partial charge in [-0.1, -0.05) is 19.8 Å². The highest BCUT2D eigenvalue weighted by molar-refractivity contribution is 9.11. The van der Waals surface area contributed by atoms with Crippen molar-refractivity contribution < 1.29 is 15.0 Å². The minimum atomic E-state index is -0.844. The number of hydrogen-bond donors (Lipinski definition) is 2. The number of aliphatic hydroxyl groups is 1. The summed E-state index contributed by atoms with van der Waals surface area (Å²) >= 11 is 4.78. The van der Waals surface area contributed by atoms with Gasteiger partial charge in [0.05, 0.1) is 15.6 Å². The van der Waals surface area contributed by atoms with E-state index in [1.165, 1.54) is 37.0 Å². The second-order valence-corrected chi connectivity index (χ2v) is 10.2. The number of carboxylic acid groups (broad SMARTS) is 1. The molecular formula is C19H28BrNO3S. The molecule has 0 amide bonds. The van der Waals surface area contributed by atoms with E-state index in [-0.39, 0.29) is 6.10 Å². The Morgan fingerprint density at radius 2 is 1.84 bits per heavy atom. The molecule has 3 rings (SSSR count). The van der Waals surface area contributed by atoms with E-state index >= 15 is 0 Å². The van der Waals surface area contributed by atoms with Gasteiger partial charge in [0, 0.05) is 12.6 Å². The largest absolute Gasteiger partial charge is 0.477 e. The monoisotopic (exact) mass is 429 g/mol. The number of thiophene rings is 1. The molecule has 1 aromatic heterocycles. The molecule has 0 atom stereocenters. The summed E-state index contributed by atoms with van der Waals surface area (Å²) in [6.07, 6.45) is 8.35. The van der Waals surface area contributed by atoms with Crippen LogP contribution in [0.2, 0.25) is 0 Å². The van der Waals surface area contributed by atoms with Crippen molar-refractivity contribution in [2.75, 3.05) is 11.4 Å². The first-order valence-electron chi connectivity index (χ1n) is 9.41. The summed E-state index contributed by atoms with van der Waals surface area (Å²) in [4.78, 5) is 14.5. The van der Waals surface area contributed by atoms with Gasteiger partial charge in [-0.2, -0.15) is 0 Å². The molecule has 4 nitrogen and oxygen atoms in total. The number of rotatable bonds is 5. The number of carbonyl (C=O) groups is 1. The summed E-state index contributed by atoms with van der Waals surface area (Å²) in [5.41, 5.74) is 0.865. The third-order valence-electron chi connectivity index (χ3n) is 5.88. The zero-order chi connectivity index (χ0) is 18.0. The number of aliphatic hydroxyl groups excluding tert-OH is 1. The quantitative estimate of drug-likeness (QED) is 0.679. The molecule has 140 valence electrons. The number of carboxylic acids is 1. The molecule has 1 heterocycles. The Kier molecular flexibility index (Phi) is 6.44. The third-order valence-corrected chi connectivity index (χ3v) is 7.50. The molecule has 0 saturated heterocycles. The van der Waals surface area contributed by atoms with E-state index in [0.717, 1.165) is 47.6 Å². The van der Waals surface area contributed by atoms with Gasteiger partial charge in [0.25, 0.3) is 0 Å². The van der Waals surface area contributed by atoms with Gasteiger partial charge in [-0.3, -0.25) is 0 Å². The fourth-order valence-corrected chi connectivity index (χ4v) is 5.76. The lowest BCUT2D eigenvalue weighted by Gasteiger charge is -2.40. The lowest BCUT2D eigenvalue weighted by Crippen LogP contribution is -2.43. The van der Waals surface area contributed by atoms with E-state index in [4.69, 9.17) is 0 Å². The van der Waals surface area contributed by atoms with E-state index in [1.807, 2.05) is 6.07 Å². The molecule has 2 N–H and O–H groups in total.